The summed E-state index contributed by atoms with van der Waals surface area (Å²) < 4.78 is 0. The van der Waals surface area contributed by atoms with Crippen LogP contribution in [0.5, 0.6) is 0 Å². The molecule has 16 heavy (non-hydrogen) atoms. The first-order valence-corrected chi connectivity index (χ1v) is 6.09. The summed E-state index contributed by atoms with van der Waals surface area (Å²) >= 11 is 0. The highest BCUT2D eigenvalue weighted by Gasteiger charge is 2.17. The molecule has 3 nitrogen and oxygen atoms in total. The van der Waals surface area contributed by atoms with E-state index < -0.39 is 12.0 Å². The van der Waals surface area contributed by atoms with Gasteiger partial charge in [-0.25, -0.2) is 0 Å². The molecule has 0 fully saturated rings. The largest absolute Gasteiger partial charge is 0.480 e. The van der Waals surface area contributed by atoms with E-state index in [1.807, 2.05) is 13.8 Å². The number of aliphatic carboxylic acids is 1. The SMILES string of the molecule is CCCC(NC(C)CCC=C(C)C)C(=O)O. The lowest BCUT2D eigenvalue weighted by Crippen LogP contribution is -2.41. The summed E-state index contributed by atoms with van der Waals surface area (Å²) in [7, 11) is 0. The number of allylic oxidation sites excluding steroid dienone is 2. The summed E-state index contributed by atoms with van der Waals surface area (Å²) in [5, 5.41) is 12.2. The maximum atomic E-state index is 10.9. The van der Waals surface area contributed by atoms with Crippen molar-refractivity contribution in [3.63, 3.8) is 0 Å². The Hall–Kier alpha value is -0.830. The summed E-state index contributed by atoms with van der Waals surface area (Å²) in [4.78, 5) is 10.9. The highest BCUT2D eigenvalue weighted by molar-refractivity contribution is 5.73. The fourth-order valence-corrected chi connectivity index (χ4v) is 1.62. The first kappa shape index (κ1) is 15.2. The summed E-state index contributed by atoms with van der Waals surface area (Å²) in [6.45, 7) is 8.21. The Morgan fingerprint density at radius 1 is 1.38 bits per heavy atom. The van der Waals surface area contributed by atoms with Crippen molar-refractivity contribution >= 4 is 5.97 Å². The topological polar surface area (TPSA) is 49.3 Å². The Labute approximate surface area is 98.9 Å². The minimum absolute atomic E-state index is 0.253. The Morgan fingerprint density at radius 3 is 2.44 bits per heavy atom. The lowest BCUT2D eigenvalue weighted by Gasteiger charge is -2.19. The van der Waals surface area contributed by atoms with E-state index in [4.69, 9.17) is 5.11 Å². The zero-order valence-corrected chi connectivity index (χ0v) is 10.9. The first-order chi connectivity index (χ1) is 7.47. The van der Waals surface area contributed by atoms with Crippen molar-refractivity contribution in [2.45, 2.75) is 65.5 Å². The zero-order chi connectivity index (χ0) is 12.6. The molecule has 0 heterocycles. The van der Waals surface area contributed by atoms with E-state index in [1.165, 1.54) is 5.57 Å². The second kappa shape index (κ2) is 8.34. The van der Waals surface area contributed by atoms with Crippen molar-refractivity contribution in [3.8, 4) is 0 Å². The van der Waals surface area contributed by atoms with Gasteiger partial charge in [0.25, 0.3) is 0 Å². The average Bonchev–Trinajstić information content (AvgIpc) is 2.16. The van der Waals surface area contributed by atoms with Crippen LogP contribution in [0, 0.1) is 0 Å². The molecule has 2 N–H and O–H groups in total. The van der Waals surface area contributed by atoms with Crippen LogP contribution in [0.4, 0.5) is 0 Å². The van der Waals surface area contributed by atoms with Crippen LogP contribution < -0.4 is 5.32 Å². The summed E-state index contributed by atoms with van der Waals surface area (Å²) in [6.07, 6.45) is 5.77. The highest BCUT2D eigenvalue weighted by atomic mass is 16.4. The first-order valence-electron chi connectivity index (χ1n) is 6.09. The van der Waals surface area contributed by atoms with Gasteiger partial charge in [0.1, 0.15) is 6.04 Å². The molecule has 0 radical (unpaired) electrons. The molecule has 0 bridgehead atoms. The van der Waals surface area contributed by atoms with Gasteiger partial charge in [0.15, 0.2) is 0 Å². The van der Waals surface area contributed by atoms with Crippen molar-refractivity contribution in [3.05, 3.63) is 11.6 Å². The number of rotatable bonds is 8. The zero-order valence-electron chi connectivity index (χ0n) is 10.9. The number of hydrogen-bond donors (Lipinski definition) is 2. The van der Waals surface area contributed by atoms with Crippen LogP contribution in [0.25, 0.3) is 0 Å². The van der Waals surface area contributed by atoms with Crippen LogP contribution in [0.3, 0.4) is 0 Å². The highest BCUT2D eigenvalue weighted by Crippen LogP contribution is 2.04. The third-order valence-corrected chi connectivity index (χ3v) is 2.51. The van der Waals surface area contributed by atoms with Crippen molar-refractivity contribution in [2.75, 3.05) is 0 Å². The molecule has 0 spiro atoms. The predicted octanol–water partition coefficient (Wildman–Crippen LogP) is 2.96. The molecule has 3 heteroatoms. The average molecular weight is 227 g/mol. The lowest BCUT2D eigenvalue weighted by atomic mass is 10.1. The molecule has 0 amide bonds. The molecule has 0 aromatic heterocycles. The second-order valence-electron chi connectivity index (χ2n) is 4.61. The summed E-state index contributed by atoms with van der Waals surface area (Å²) in [5.41, 5.74) is 1.32. The Bertz CT molecular complexity index is 232. The second-order valence-corrected chi connectivity index (χ2v) is 4.61. The molecule has 0 aliphatic rings. The van der Waals surface area contributed by atoms with E-state index in [0.29, 0.717) is 6.42 Å². The van der Waals surface area contributed by atoms with Crippen molar-refractivity contribution in [1.29, 1.82) is 0 Å². The molecular weight excluding hydrogens is 202 g/mol. The van der Waals surface area contributed by atoms with Gasteiger partial charge >= 0.3 is 5.97 Å². The standard InChI is InChI=1S/C13H25NO2/c1-5-7-12(13(15)16)14-11(4)9-6-8-10(2)3/h8,11-12,14H,5-7,9H2,1-4H3,(H,15,16). The monoisotopic (exact) mass is 227 g/mol. The number of nitrogens with one attached hydrogen (secondary N) is 1. The van der Waals surface area contributed by atoms with E-state index in [1.54, 1.807) is 0 Å². The number of carboxylic acids is 1. The van der Waals surface area contributed by atoms with Gasteiger partial charge < -0.3 is 10.4 Å². The maximum absolute atomic E-state index is 10.9. The van der Waals surface area contributed by atoms with Gasteiger partial charge in [-0.3, -0.25) is 4.79 Å². The van der Waals surface area contributed by atoms with Crippen molar-refractivity contribution < 1.29 is 9.90 Å². The fraction of sp³-hybridized carbons (Fsp3) is 0.769. The number of carbonyl (C=O) groups is 1. The van der Waals surface area contributed by atoms with Crippen molar-refractivity contribution in [1.82, 2.24) is 5.32 Å². The summed E-state index contributed by atoms with van der Waals surface area (Å²) in [5.74, 6) is -0.740. The molecule has 0 saturated carbocycles. The molecule has 0 rings (SSSR count). The molecule has 0 aliphatic heterocycles. The molecular formula is C13H25NO2. The normalized spacial score (nSPS) is 14.2. The van der Waals surface area contributed by atoms with Gasteiger partial charge in [-0.2, -0.15) is 0 Å². The van der Waals surface area contributed by atoms with Crippen LogP contribution in [0.2, 0.25) is 0 Å². The van der Waals surface area contributed by atoms with Crippen LogP contribution in [0.15, 0.2) is 11.6 Å². The predicted molar refractivity (Wildman–Crippen MR) is 67.6 cm³/mol. The number of hydrogen-bond acceptors (Lipinski definition) is 2. The van der Waals surface area contributed by atoms with Crippen LogP contribution in [0.1, 0.15) is 53.4 Å². The molecule has 0 aromatic rings. The minimum Gasteiger partial charge on any atom is -0.480 e. The lowest BCUT2D eigenvalue weighted by molar-refractivity contribution is -0.139. The van der Waals surface area contributed by atoms with E-state index >= 15 is 0 Å². The van der Waals surface area contributed by atoms with Crippen LogP contribution in [-0.4, -0.2) is 23.2 Å². The molecule has 2 unspecified atom stereocenters. The van der Waals surface area contributed by atoms with Crippen LogP contribution >= 0.6 is 0 Å². The van der Waals surface area contributed by atoms with Gasteiger partial charge in [-0.15, -0.1) is 0 Å². The van der Waals surface area contributed by atoms with Crippen LogP contribution in [-0.2, 0) is 4.79 Å². The van der Waals surface area contributed by atoms with Gasteiger partial charge in [0.2, 0.25) is 0 Å². The third kappa shape index (κ3) is 7.46. The minimum atomic E-state index is -0.740. The number of carboxylic acid groups (broad SMARTS) is 1. The molecule has 0 aromatic carbocycles. The van der Waals surface area contributed by atoms with Gasteiger partial charge in [-0.05, 0) is 40.0 Å². The smallest absolute Gasteiger partial charge is 0.320 e. The van der Waals surface area contributed by atoms with E-state index in [0.717, 1.165) is 19.3 Å². The van der Waals surface area contributed by atoms with Gasteiger partial charge in [0.05, 0.1) is 0 Å². The van der Waals surface area contributed by atoms with E-state index in [-0.39, 0.29) is 6.04 Å². The molecule has 0 aliphatic carbocycles. The Morgan fingerprint density at radius 2 is 2.00 bits per heavy atom. The molecule has 0 saturated heterocycles. The Balaban J connectivity index is 3.95. The van der Waals surface area contributed by atoms with Crippen molar-refractivity contribution in [2.24, 2.45) is 0 Å². The quantitative estimate of drug-likeness (QED) is 0.627. The maximum Gasteiger partial charge on any atom is 0.320 e. The van der Waals surface area contributed by atoms with E-state index in [9.17, 15) is 4.79 Å². The van der Waals surface area contributed by atoms with Gasteiger partial charge in [-0.1, -0.05) is 25.0 Å². The van der Waals surface area contributed by atoms with Gasteiger partial charge in [0, 0.05) is 6.04 Å². The molecule has 2 atom stereocenters. The summed E-state index contributed by atoms with van der Waals surface area (Å²) in [6, 6.07) is -0.144. The third-order valence-electron chi connectivity index (χ3n) is 2.51. The Kier molecular flexibility index (Phi) is 7.90. The molecule has 94 valence electrons. The fourth-order valence-electron chi connectivity index (χ4n) is 1.62. The van der Waals surface area contributed by atoms with E-state index in [2.05, 4.69) is 25.2 Å².